The first-order valence-corrected chi connectivity index (χ1v) is 5.21. The summed E-state index contributed by atoms with van der Waals surface area (Å²) in [5, 5.41) is 0. The van der Waals surface area contributed by atoms with Crippen LogP contribution in [0.3, 0.4) is 0 Å². The predicted octanol–water partition coefficient (Wildman–Crippen LogP) is 1.86. The molecule has 0 amide bonds. The van der Waals surface area contributed by atoms with Gasteiger partial charge in [0.2, 0.25) is 0 Å². The van der Waals surface area contributed by atoms with Crippen LogP contribution in [-0.4, -0.2) is 30.6 Å². The van der Waals surface area contributed by atoms with Crippen molar-refractivity contribution >= 4 is 12.0 Å². The minimum atomic E-state index is -0.466. The van der Waals surface area contributed by atoms with E-state index in [-0.39, 0.29) is 5.69 Å². The lowest BCUT2D eigenvalue weighted by Gasteiger charge is -2.15. The Morgan fingerprint density at radius 2 is 2.44 bits per heavy atom. The number of rotatable bonds is 6. The fourth-order valence-corrected chi connectivity index (χ4v) is 1.21. The van der Waals surface area contributed by atoms with Crippen molar-refractivity contribution in [2.24, 2.45) is 0 Å². The Labute approximate surface area is 94.7 Å². The Balaban J connectivity index is 2.76. The third kappa shape index (κ3) is 2.85. The molecule has 0 bridgehead atoms. The molecule has 0 fully saturated rings. The van der Waals surface area contributed by atoms with Gasteiger partial charge < -0.3 is 14.1 Å². The second kappa shape index (κ2) is 5.95. The van der Waals surface area contributed by atoms with Gasteiger partial charge in [0, 0.05) is 13.1 Å². The van der Waals surface area contributed by atoms with E-state index >= 15 is 0 Å². The maximum atomic E-state index is 11.3. The van der Waals surface area contributed by atoms with Crippen molar-refractivity contribution in [3.63, 3.8) is 0 Å². The van der Waals surface area contributed by atoms with Crippen LogP contribution in [0.15, 0.2) is 23.3 Å². The maximum Gasteiger partial charge on any atom is 0.360 e. The van der Waals surface area contributed by atoms with Crippen LogP contribution < -0.4 is 4.90 Å². The number of likely N-dealkylation sites (N-methyl/N-ethyl adjacent to an activating group) is 1. The van der Waals surface area contributed by atoms with Gasteiger partial charge in [0.25, 0.3) is 6.01 Å². The van der Waals surface area contributed by atoms with Crippen LogP contribution in [0.25, 0.3) is 0 Å². The second-order valence-corrected chi connectivity index (χ2v) is 3.06. The molecule has 88 valence electrons. The van der Waals surface area contributed by atoms with Crippen LogP contribution in [0.5, 0.6) is 0 Å². The summed E-state index contributed by atoms with van der Waals surface area (Å²) >= 11 is 0. The number of ether oxygens (including phenoxy) is 1. The summed E-state index contributed by atoms with van der Waals surface area (Å²) in [6.07, 6.45) is 3.05. The lowest BCUT2D eigenvalue weighted by Crippen LogP contribution is -2.22. The minimum Gasteiger partial charge on any atom is -0.461 e. The number of esters is 1. The first-order valence-electron chi connectivity index (χ1n) is 5.21. The van der Waals surface area contributed by atoms with E-state index in [1.165, 1.54) is 6.26 Å². The number of aromatic nitrogens is 1. The maximum absolute atomic E-state index is 11.3. The van der Waals surface area contributed by atoms with Crippen molar-refractivity contribution in [2.45, 2.75) is 13.8 Å². The summed E-state index contributed by atoms with van der Waals surface area (Å²) < 4.78 is 10.0. The lowest BCUT2D eigenvalue weighted by molar-refractivity contribution is 0.0519. The van der Waals surface area contributed by atoms with Crippen molar-refractivity contribution in [1.82, 2.24) is 4.98 Å². The average Bonchev–Trinajstić information content (AvgIpc) is 2.75. The van der Waals surface area contributed by atoms with Crippen LogP contribution in [-0.2, 0) is 4.74 Å². The standard InChI is InChI=1S/C11H16N2O3/c1-4-7-13(5-2)11-12-9(8-16-11)10(14)15-6-3/h4,8H,1,5-7H2,2-3H3. The zero-order chi connectivity index (χ0) is 12.0. The van der Waals surface area contributed by atoms with Crippen LogP contribution in [0.2, 0.25) is 0 Å². The number of hydrogen-bond donors (Lipinski definition) is 0. The molecule has 0 unspecified atom stereocenters. The first kappa shape index (κ1) is 12.3. The highest BCUT2D eigenvalue weighted by Crippen LogP contribution is 2.13. The van der Waals surface area contributed by atoms with Gasteiger partial charge in [0.15, 0.2) is 5.69 Å². The molecule has 0 atom stereocenters. The summed E-state index contributed by atoms with van der Waals surface area (Å²) in [4.78, 5) is 17.3. The molecule has 1 aromatic heterocycles. The normalized spacial score (nSPS) is 9.88. The molecule has 0 N–H and O–H groups in total. The smallest absolute Gasteiger partial charge is 0.360 e. The molecular weight excluding hydrogens is 208 g/mol. The Bertz CT molecular complexity index is 360. The largest absolute Gasteiger partial charge is 0.461 e. The van der Waals surface area contributed by atoms with E-state index in [0.717, 1.165) is 6.54 Å². The van der Waals surface area contributed by atoms with E-state index < -0.39 is 5.97 Å². The van der Waals surface area contributed by atoms with E-state index in [2.05, 4.69) is 11.6 Å². The molecule has 1 rings (SSSR count). The molecule has 0 saturated heterocycles. The van der Waals surface area contributed by atoms with Crippen LogP contribution in [0, 0.1) is 0 Å². The zero-order valence-corrected chi connectivity index (χ0v) is 9.60. The van der Waals surface area contributed by atoms with Gasteiger partial charge in [-0.05, 0) is 13.8 Å². The summed E-state index contributed by atoms with van der Waals surface area (Å²) in [5.74, 6) is -0.466. The van der Waals surface area contributed by atoms with Gasteiger partial charge in [-0.1, -0.05) is 6.08 Å². The number of hydrogen-bond acceptors (Lipinski definition) is 5. The third-order valence-electron chi connectivity index (χ3n) is 1.98. The number of carbonyl (C=O) groups is 1. The first-order chi connectivity index (χ1) is 7.72. The van der Waals surface area contributed by atoms with E-state index in [1.54, 1.807) is 13.0 Å². The van der Waals surface area contributed by atoms with Gasteiger partial charge in [-0.15, -0.1) is 6.58 Å². The molecule has 5 heteroatoms. The molecule has 0 aliphatic rings. The molecule has 0 radical (unpaired) electrons. The molecule has 0 aliphatic carbocycles. The fourth-order valence-electron chi connectivity index (χ4n) is 1.21. The lowest BCUT2D eigenvalue weighted by atomic mass is 10.5. The third-order valence-corrected chi connectivity index (χ3v) is 1.98. The molecule has 1 aromatic rings. The monoisotopic (exact) mass is 224 g/mol. The summed E-state index contributed by atoms with van der Waals surface area (Å²) in [6, 6.07) is 0.408. The zero-order valence-electron chi connectivity index (χ0n) is 9.60. The van der Waals surface area contributed by atoms with E-state index in [1.807, 2.05) is 11.8 Å². The van der Waals surface area contributed by atoms with Gasteiger partial charge in [0.1, 0.15) is 6.26 Å². The van der Waals surface area contributed by atoms with Crippen LogP contribution in [0.1, 0.15) is 24.3 Å². The second-order valence-electron chi connectivity index (χ2n) is 3.06. The van der Waals surface area contributed by atoms with E-state index in [9.17, 15) is 4.79 Å². The average molecular weight is 224 g/mol. The predicted molar refractivity (Wildman–Crippen MR) is 60.5 cm³/mol. The van der Waals surface area contributed by atoms with Crippen molar-refractivity contribution in [3.8, 4) is 0 Å². The minimum absolute atomic E-state index is 0.194. The quantitative estimate of drug-likeness (QED) is 0.545. The summed E-state index contributed by atoms with van der Waals surface area (Å²) in [6.45, 7) is 9.04. The Kier molecular flexibility index (Phi) is 4.57. The number of oxazole rings is 1. The molecule has 0 spiro atoms. The van der Waals surface area contributed by atoms with Crippen molar-refractivity contribution in [2.75, 3.05) is 24.6 Å². The number of nitrogens with zero attached hydrogens (tertiary/aromatic N) is 2. The molecule has 0 saturated carbocycles. The molecular formula is C11H16N2O3. The van der Waals surface area contributed by atoms with Crippen molar-refractivity contribution in [3.05, 3.63) is 24.6 Å². The molecule has 16 heavy (non-hydrogen) atoms. The molecule has 1 heterocycles. The van der Waals surface area contributed by atoms with Gasteiger partial charge >= 0.3 is 5.97 Å². The number of anilines is 1. The Morgan fingerprint density at radius 1 is 1.69 bits per heavy atom. The SMILES string of the molecule is C=CCN(CC)c1nc(C(=O)OCC)co1. The molecule has 5 nitrogen and oxygen atoms in total. The van der Waals surface area contributed by atoms with Crippen molar-refractivity contribution in [1.29, 1.82) is 0 Å². The Morgan fingerprint density at radius 3 is 3.00 bits per heavy atom. The highest BCUT2D eigenvalue weighted by molar-refractivity contribution is 5.87. The Hall–Kier alpha value is -1.78. The van der Waals surface area contributed by atoms with Gasteiger partial charge in [-0.2, -0.15) is 4.98 Å². The number of carbonyl (C=O) groups excluding carboxylic acids is 1. The molecule has 0 aromatic carbocycles. The molecule has 0 aliphatic heterocycles. The van der Waals surface area contributed by atoms with Gasteiger partial charge in [-0.3, -0.25) is 0 Å². The van der Waals surface area contributed by atoms with Gasteiger partial charge in [-0.25, -0.2) is 4.79 Å². The van der Waals surface area contributed by atoms with Crippen molar-refractivity contribution < 1.29 is 13.9 Å². The van der Waals surface area contributed by atoms with Crippen LogP contribution >= 0.6 is 0 Å². The fraction of sp³-hybridized carbons (Fsp3) is 0.455. The van der Waals surface area contributed by atoms with Gasteiger partial charge in [0.05, 0.1) is 6.61 Å². The summed E-state index contributed by atoms with van der Waals surface area (Å²) in [5.41, 5.74) is 0.194. The summed E-state index contributed by atoms with van der Waals surface area (Å²) in [7, 11) is 0. The topological polar surface area (TPSA) is 55.6 Å². The van der Waals surface area contributed by atoms with Crippen LogP contribution in [0.4, 0.5) is 6.01 Å². The van der Waals surface area contributed by atoms with E-state index in [4.69, 9.17) is 9.15 Å². The highest BCUT2D eigenvalue weighted by atomic mass is 16.5. The van der Waals surface area contributed by atoms with E-state index in [0.29, 0.717) is 19.2 Å². The highest BCUT2D eigenvalue weighted by Gasteiger charge is 2.15.